The van der Waals surface area contributed by atoms with Gasteiger partial charge in [-0.3, -0.25) is 4.79 Å². The predicted molar refractivity (Wildman–Crippen MR) is 71.5 cm³/mol. The van der Waals surface area contributed by atoms with Crippen molar-refractivity contribution in [3.63, 3.8) is 0 Å². The van der Waals surface area contributed by atoms with Crippen LogP contribution < -0.4 is 10.2 Å². The minimum absolute atomic E-state index is 0.0359. The standard InChI is InChI=1S/C12H21N3OS/c1-9(10-3-5-15(2)6-4-10)13-7-11-8-17-12(16)14-11/h8-10,13H,3-7H2,1-2H3,(H,14,16). The maximum Gasteiger partial charge on any atom is 0.304 e. The average molecular weight is 255 g/mol. The van der Waals surface area contributed by atoms with Crippen LogP contribution in [0.4, 0.5) is 0 Å². The lowest BCUT2D eigenvalue weighted by Gasteiger charge is -2.33. The summed E-state index contributed by atoms with van der Waals surface area (Å²) in [6, 6.07) is 0.520. The van der Waals surface area contributed by atoms with Crippen LogP contribution in [0.15, 0.2) is 10.2 Å². The van der Waals surface area contributed by atoms with Gasteiger partial charge in [0.15, 0.2) is 0 Å². The van der Waals surface area contributed by atoms with E-state index in [1.165, 1.54) is 37.3 Å². The molecule has 1 aliphatic heterocycles. The molecule has 2 heterocycles. The molecule has 17 heavy (non-hydrogen) atoms. The summed E-state index contributed by atoms with van der Waals surface area (Å²) in [5, 5.41) is 5.41. The molecule has 1 aromatic heterocycles. The predicted octanol–water partition coefficient (Wildman–Crippen LogP) is 1.26. The first-order valence-electron chi connectivity index (χ1n) is 6.24. The van der Waals surface area contributed by atoms with Gasteiger partial charge in [-0.15, -0.1) is 0 Å². The van der Waals surface area contributed by atoms with Gasteiger partial charge in [-0.25, -0.2) is 0 Å². The summed E-state index contributed by atoms with van der Waals surface area (Å²) in [4.78, 5) is 16.3. The van der Waals surface area contributed by atoms with E-state index in [1.54, 1.807) is 0 Å². The topological polar surface area (TPSA) is 48.1 Å². The van der Waals surface area contributed by atoms with Crippen molar-refractivity contribution in [2.75, 3.05) is 20.1 Å². The largest absolute Gasteiger partial charge is 0.315 e. The molecule has 1 aliphatic rings. The molecule has 96 valence electrons. The van der Waals surface area contributed by atoms with Crippen LogP contribution in [-0.4, -0.2) is 36.1 Å². The quantitative estimate of drug-likeness (QED) is 0.851. The lowest BCUT2D eigenvalue weighted by atomic mass is 9.90. The molecule has 1 aromatic rings. The summed E-state index contributed by atoms with van der Waals surface area (Å²) < 4.78 is 0. The fraction of sp³-hybridized carbons (Fsp3) is 0.750. The van der Waals surface area contributed by atoms with Crippen LogP contribution in [0.2, 0.25) is 0 Å². The Kier molecular flexibility index (Phi) is 4.36. The molecule has 0 radical (unpaired) electrons. The number of aromatic nitrogens is 1. The van der Waals surface area contributed by atoms with Gasteiger partial charge in [0.1, 0.15) is 0 Å². The van der Waals surface area contributed by atoms with Gasteiger partial charge in [0.2, 0.25) is 0 Å². The number of likely N-dealkylation sites (tertiary alicyclic amines) is 1. The minimum atomic E-state index is 0.0359. The number of aromatic amines is 1. The zero-order chi connectivity index (χ0) is 12.3. The molecule has 1 atom stereocenters. The van der Waals surface area contributed by atoms with Crippen LogP contribution in [0.25, 0.3) is 0 Å². The highest BCUT2D eigenvalue weighted by atomic mass is 32.1. The summed E-state index contributed by atoms with van der Waals surface area (Å²) in [6.07, 6.45) is 2.54. The monoisotopic (exact) mass is 255 g/mol. The first-order valence-corrected chi connectivity index (χ1v) is 7.11. The molecular weight excluding hydrogens is 234 g/mol. The lowest BCUT2D eigenvalue weighted by Crippen LogP contribution is -2.40. The Bertz CT molecular complexity index is 392. The zero-order valence-corrected chi connectivity index (χ0v) is 11.3. The Balaban J connectivity index is 1.77. The molecular formula is C12H21N3OS. The van der Waals surface area contributed by atoms with E-state index in [0.717, 1.165) is 18.2 Å². The van der Waals surface area contributed by atoms with Crippen molar-refractivity contribution >= 4 is 11.3 Å². The molecule has 4 nitrogen and oxygen atoms in total. The molecule has 1 fully saturated rings. The normalized spacial score (nSPS) is 20.6. The summed E-state index contributed by atoms with van der Waals surface area (Å²) >= 11 is 1.23. The van der Waals surface area contributed by atoms with Gasteiger partial charge in [0, 0.05) is 23.7 Å². The lowest BCUT2D eigenvalue weighted by molar-refractivity contribution is 0.189. The minimum Gasteiger partial charge on any atom is -0.315 e. The Hall–Kier alpha value is -0.650. The van der Waals surface area contributed by atoms with Crippen molar-refractivity contribution in [1.29, 1.82) is 0 Å². The number of rotatable bonds is 4. The summed E-state index contributed by atoms with van der Waals surface area (Å²) in [7, 11) is 2.18. The molecule has 2 N–H and O–H groups in total. The highest BCUT2D eigenvalue weighted by molar-refractivity contribution is 7.07. The molecule has 0 spiro atoms. The van der Waals surface area contributed by atoms with Gasteiger partial charge in [0.05, 0.1) is 0 Å². The molecule has 1 unspecified atom stereocenters. The number of hydrogen-bond donors (Lipinski definition) is 2. The van der Waals surface area contributed by atoms with Gasteiger partial charge in [-0.1, -0.05) is 11.3 Å². The molecule has 0 saturated carbocycles. The number of piperidine rings is 1. The van der Waals surface area contributed by atoms with Gasteiger partial charge < -0.3 is 15.2 Å². The number of thiazole rings is 1. The summed E-state index contributed by atoms with van der Waals surface area (Å²) in [6.45, 7) is 5.42. The molecule has 0 aromatic carbocycles. The van der Waals surface area contributed by atoms with E-state index in [4.69, 9.17) is 0 Å². The third kappa shape index (κ3) is 3.66. The maximum absolute atomic E-state index is 11.0. The van der Waals surface area contributed by atoms with Gasteiger partial charge in [-0.05, 0) is 45.8 Å². The van der Waals surface area contributed by atoms with Crippen molar-refractivity contribution < 1.29 is 0 Å². The van der Waals surface area contributed by atoms with E-state index < -0.39 is 0 Å². The zero-order valence-electron chi connectivity index (χ0n) is 10.5. The smallest absolute Gasteiger partial charge is 0.304 e. The second kappa shape index (κ2) is 5.80. The molecule has 0 bridgehead atoms. The van der Waals surface area contributed by atoms with E-state index >= 15 is 0 Å². The number of nitrogens with zero attached hydrogens (tertiary/aromatic N) is 1. The molecule has 1 saturated heterocycles. The summed E-state index contributed by atoms with van der Waals surface area (Å²) in [5.41, 5.74) is 1.000. The molecule has 0 amide bonds. The van der Waals surface area contributed by atoms with Gasteiger partial charge in [-0.2, -0.15) is 0 Å². The molecule has 2 rings (SSSR count). The Labute approximate surface area is 106 Å². The first-order chi connectivity index (χ1) is 8.15. The third-order valence-corrected chi connectivity index (χ3v) is 4.37. The van der Waals surface area contributed by atoms with Crippen molar-refractivity contribution in [2.24, 2.45) is 5.92 Å². The fourth-order valence-electron chi connectivity index (χ4n) is 2.37. The molecule has 5 heteroatoms. The van der Waals surface area contributed by atoms with E-state index in [0.29, 0.717) is 6.04 Å². The second-order valence-corrected chi connectivity index (χ2v) is 5.83. The third-order valence-electron chi connectivity index (χ3n) is 3.66. The van der Waals surface area contributed by atoms with E-state index in [9.17, 15) is 4.79 Å². The van der Waals surface area contributed by atoms with Crippen LogP contribution in [-0.2, 0) is 6.54 Å². The highest BCUT2D eigenvalue weighted by Crippen LogP contribution is 2.19. The number of nitrogens with one attached hydrogen (secondary N) is 2. The number of hydrogen-bond acceptors (Lipinski definition) is 4. The van der Waals surface area contributed by atoms with E-state index in [1.807, 2.05) is 5.38 Å². The molecule has 0 aliphatic carbocycles. The highest BCUT2D eigenvalue weighted by Gasteiger charge is 2.21. The van der Waals surface area contributed by atoms with Crippen LogP contribution in [0.3, 0.4) is 0 Å². The van der Waals surface area contributed by atoms with Gasteiger partial charge >= 0.3 is 4.87 Å². The van der Waals surface area contributed by atoms with Crippen molar-refractivity contribution in [2.45, 2.75) is 32.4 Å². The number of H-pyrrole nitrogens is 1. The first kappa shape index (κ1) is 12.8. The van der Waals surface area contributed by atoms with Crippen LogP contribution in [0, 0.1) is 5.92 Å². The summed E-state index contributed by atoms with van der Waals surface area (Å²) in [5.74, 6) is 0.761. The second-order valence-electron chi connectivity index (χ2n) is 4.98. The van der Waals surface area contributed by atoms with E-state index in [2.05, 4.69) is 29.2 Å². The van der Waals surface area contributed by atoms with Crippen LogP contribution >= 0.6 is 11.3 Å². The Morgan fingerprint density at radius 1 is 1.59 bits per heavy atom. The fourth-order valence-corrected chi connectivity index (χ4v) is 2.95. The van der Waals surface area contributed by atoms with E-state index in [-0.39, 0.29) is 4.87 Å². The average Bonchev–Trinajstić information content (AvgIpc) is 2.73. The van der Waals surface area contributed by atoms with Crippen molar-refractivity contribution in [1.82, 2.24) is 15.2 Å². The Morgan fingerprint density at radius 2 is 2.29 bits per heavy atom. The van der Waals surface area contributed by atoms with Crippen LogP contribution in [0.1, 0.15) is 25.5 Å². The van der Waals surface area contributed by atoms with Gasteiger partial charge in [0.25, 0.3) is 0 Å². The Morgan fingerprint density at radius 3 is 2.88 bits per heavy atom. The van der Waals surface area contributed by atoms with Crippen molar-refractivity contribution in [3.05, 3.63) is 20.7 Å². The maximum atomic E-state index is 11.0. The van der Waals surface area contributed by atoms with Crippen molar-refractivity contribution in [3.8, 4) is 0 Å². The SMILES string of the molecule is CC(NCc1csc(=O)[nH]1)C1CCN(C)CC1. The van der Waals surface area contributed by atoms with Crippen LogP contribution in [0.5, 0.6) is 0 Å².